The first-order chi connectivity index (χ1) is 16.4. The molecule has 0 spiro atoms. The van der Waals surface area contributed by atoms with Crippen molar-refractivity contribution in [3.05, 3.63) is 29.8 Å². The van der Waals surface area contributed by atoms with Crippen LogP contribution in [0.25, 0.3) is 0 Å². The summed E-state index contributed by atoms with van der Waals surface area (Å²) >= 11 is 1.35. The van der Waals surface area contributed by atoms with Crippen molar-refractivity contribution in [3.8, 4) is 0 Å². The Labute approximate surface area is 202 Å². The maximum Gasteiger partial charge on any atom is 0.357 e. The van der Waals surface area contributed by atoms with Crippen LogP contribution in [0.2, 0.25) is 0 Å². The van der Waals surface area contributed by atoms with Crippen LogP contribution in [0.3, 0.4) is 0 Å². The number of esters is 1. The van der Waals surface area contributed by atoms with E-state index in [0.29, 0.717) is 23.5 Å². The Morgan fingerprint density at radius 1 is 1.15 bits per heavy atom. The number of hydrogen-bond donors (Lipinski definition) is 1. The van der Waals surface area contributed by atoms with Crippen molar-refractivity contribution in [3.63, 3.8) is 0 Å². The summed E-state index contributed by atoms with van der Waals surface area (Å²) in [6.07, 6.45) is 2.75. The molecule has 3 aliphatic rings. The summed E-state index contributed by atoms with van der Waals surface area (Å²) in [6.45, 7) is 5.66. The van der Waals surface area contributed by atoms with Gasteiger partial charge in [0.25, 0.3) is 11.7 Å². The number of hydrogen-bond acceptors (Lipinski definition) is 6. The molecular weight excluding hydrogens is 458 g/mol. The Bertz CT molecular complexity index is 1060. The smallest absolute Gasteiger partial charge is 0.357 e. The van der Waals surface area contributed by atoms with Gasteiger partial charge in [0.05, 0.1) is 25.3 Å². The van der Waals surface area contributed by atoms with Gasteiger partial charge in [0.2, 0.25) is 5.91 Å². The molecule has 2 fully saturated rings. The van der Waals surface area contributed by atoms with Gasteiger partial charge >= 0.3 is 17.2 Å². The molecule has 10 nitrogen and oxygen atoms in total. The fraction of sp³-hybridized carbons (Fsp3) is 0.478. The lowest BCUT2D eigenvalue weighted by Gasteiger charge is -2.34. The second kappa shape index (κ2) is 10.4. The summed E-state index contributed by atoms with van der Waals surface area (Å²) in [7, 11) is 0. The van der Waals surface area contributed by atoms with Crippen LogP contribution in [0.5, 0.6) is 0 Å². The first-order valence-corrected chi connectivity index (χ1v) is 12.4. The van der Waals surface area contributed by atoms with E-state index in [-0.39, 0.29) is 25.6 Å². The predicted octanol–water partition coefficient (Wildman–Crippen LogP) is 2.15. The average molecular weight is 487 g/mol. The van der Waals surface area contributed by atoms with Crippen LogP contribution in [-0.4, -0.2) is 87.2 Å². The highest BCUT2D eigenvalue weighted by molar-refractivity contribution is 8.15. The Kier molecular flexibility index (Phi) is 7.30. The molecule has 0 radical (unpaired) electrons. The number of carbonyl (C=O) groups excluding carboxylic acids is 4. The van der Waals surface area contributed by atoms with Gasteiger partial charge < -0.3 is 10.1 Å². The van der Waals surface area contributed by atoms with E-state index in [2.05, 4.69) is 14.9 Å². The third-order valence-electron chi connectivity index (χ3n) is 5.70. The number of imide groups is 1. The van der Waals surface area contributed by atoms with E-state index in [1.165, 1.54) is 21.6 Å². The highest BCUT2D eigenvalue weighted by Crippen LogP contribution is 2.32. The molecule has 3 aliphatic heterocycles. The topological polar surface area (TPSA) is 111 Å². The van der Waals surface area contributed by atoms with Gasteiger partial charge in [-0.05, 0) is 67.2 Å². The molecule has 2 saturated heterocycles. The molecule has 180 valence electrons. The highest BCUT2D eigenvalue weighted by Gasteiger charge is 2.53. The van der Waals surface area contributed by atoms with Crippen molar-refractivity contribution in [2.24, 2.45) is 4.99 Å². The molecule has 0 aliphatic carbocycles. The summed E-state index contributed by atoms with van der Waals surface area (Å²) in [5, 5.41) is 2.85. The molecular formula is C23H28N5O5S+. The molecule has 11 heteroatoms. The van der Waals surface area contributed by atoms with Gasteiger partial charge in [-0.25, -0.2) is 14.5 Å². The Balaban J connectivity index is 1.52. The summed E-state index contributed by atoms with van der Waals surface area (Å²) in [6, 6.07) is 5.79. The van der Waals surface area contributed by atoms with Gasteiger partial charge in [0.1, 0.15) is 6.54 Å². The number of nitrogens with zero attached hydrogens (tertiary/aromatic N) is 4. The summed E-state index contributed by atoms with van der Waals surface area (Å²) in [4.78, 5) is 58.0. The molecule has 3 heterocycles. The summed E-state index contributed by atoms with van der Waals surface area (Å²) in [5.74, 6) is -0.824. The van der Waals surface area contributed by atoms with Crippen LogP contribution in [0.4, 0.5) is 10.5 Å². The zero-order chi connectivity index (χ0) is 24.2. The summed E-state index contributed by atoms with van der Waals surface area (Å²) in [5.41, 5.74) is 0.859. The monoisotopic (exact) mass is 486 g/mol. The van der Waals surface area contributed by atoms with Crippen molar-refractivity contribution in [2.45, 2.75) is 38.4 Å². The van der Waals surface area contributed by atoms with Crippen molar-refractivity contribution in [2.75, 3.05) is 38.1 Å². The number of fused-ring (bicyclic) bond motifs is 1. The number of benzene rings is 1. The van der Waals surface area contributed by atoms with Crippen LogP contribution in [0.15, 0.2) is 29.3 Å². The number of ether oxygens (including phenoxy) is 1. The highest BCUT2D eigenvalue weighted by atomic mass is 32.2. The Hall–Kier alpha value is -3.21. The van der Waals surface area contributed by atoms with Crippen molar-refractivity contribution < 1.29 is 28.5 Å². The van der Waals surface area contributed by atoms with E-state index >= 15 is 0 Å². The molecule has 1 atom stereocenters. The largest absolute Gasteiger partial charge is 0.462 e. The molecule has 4 rings (SSSR count). The van der Waals surface area contributed by atoms with E-state index in [1.807, 2.05) is 6.92 Å². The van der Waals surface area contributed by atoms with E-state index in [1.54, 1.807) is 31.2 Å². The van der Waals surface area contributed by atoms with Crippen molar-refractivity contribution in [1.29, 1.82) is 0 Å². The van der Waals surface area contributed by atoms with E-state index in [4.69, 9.17) is 4.74 Å². The predicted molar refractivity (Wildman–Crippen MR) is 128 cm³/mol. The lowest BCUT2D eigenvalue weighted by Crippen LogP contribution is -2.61. The first kappa shape index (κ1) is 23.9. The Morgan fingerprint density at radius 2 is 1.85 bits per heavy atom. The molecule has 1 aromatic rings. The molecule has 1 N–H and O–H groups in total. The quantitative estimate of drug-likeness (QED) is 0.467. The zero-order valence-corrected chi connectivity index (χ0v) is 20.1. The van der Waals surface area contributed by atoms with Crippen LogP contribution in [0, 0.1) is 0 Å². The van der Waals surface area contributed by atoms with Crippen LogP contribution >= 0.6 is 11.8 Å². The van der Waals surface area contributed by atoms with Crippen LogP contribution < -0.4 is 5.32 Å². The van der Waals surface area contributed by atoms with Crippen molar-refractivity contribution >= 4 is 52.3 Å². The Morgan fingerprint density at radius 3 is 2.50 bits per heavy atom. The van der Waals surface area contributed by atoms with Gasteiger partial charge in [0.15, 0.2) is 5.25 Å². The lowest BCUT2D eigenvalue weighted by atomic mass is 10.2. The normalized spacial score (nSPS) is 19.9. The SMILES string of the molecule is CCCN1C(=O)C2SC(=[N+]3CCCC3)N=C2N(CC(=O)Nc2ccc(C(=O)OCC)cc2)C1=O. The van der Waals surface area contributed by atoms with E-state index in [9.17, 15) is 19.2 Å². The number of amides is 4. The van der Waals surface area contributed by atoms with Gasteiger partial charge in [-0.1, -0.05) is 6.92 Å². The number of carbonyl (C=O) groups is 4. The average Bonchev–Trinajstić information content (AvgIpc) is 3.50. The number of nitrogens with one attached hydrogen (secondary N) is 1. The number of urea groups is 1. The number of anilines is 1. The fourth-order valence-electron chi connectivity index (χ4n) is 4.06. The van der Waals surface area contributed by atoms with E-state index < -0.39 is 23.2 Å². The van der Waals surface area contributed by atoms with Crippen molar-refractivity contribution in [1.82, 2.24) is 9.80 Å². The van der Waals surface area contributed by atoms with Gasteiger partial charge in [0, 0.05) is 12.2 Å². The number of thioether (sulfide) groups is 1. The minimum atomic E-state index is -0.628. The van der Waals surface area contributed by atoms with Gasteiger partial charge in [-0.3, -0.25) is 19.1 Å². The standard InChI is InChI=1S/C23H27N5O5S/c1-3-11-27-20(30)18-19(25-22(34-18)26-12-5-6-13-26)28(23(27)32)14-17(29)24-16-9-7-15(8-10-16)21(31)33-4-2/h7-10,18H,3-6,11-14H2,1-2H3/p+1. The second-order valence-electron chi connectivity index (χ2n) is 8.15. The molecule has 34 heavy (non-hydrogen) atoms. The minimum absolute atomic E-state index is 0.269. The fourth-order valence-corrected chi connectivity index (χ4v) is 5.27. The summed E-state index contributed by atoms with van der Waals surface area (Å²) < 4.78 is 7.09. The zero-order valence-electron chi connectivity index (χ0n) is 19.3. The molecule has 0 saturated carbocycles. The molecule has 1 unspecified atom stereocenters. The maximum atomic E-state index is 13.2. The van der Waals surface area contributed by atoms with Crippen LogP contribution in [0.1, 0.15) is 43.5 Å². The first-order valence-electron chi connectivity index (χ1n) is 11.5. The third kappa shape index (κ3) is 4.84. The lowest BCUT2D eigenvalue weighted by molar-refractivity contribution is -0.503. The van der Waals surface area contributed by atoms with Gasteiger partial charge in [-0.2, -0.15) is 0 Å². The number of aliphatic imine (C=N–C) groups is 1. The second-order valence-corrected chi connectivity index (χ2v) is 9.22. The molecule has 1 aromatic carbocycles. The molecule has 0 aromatic heterocycles. The van der Waals surface area contributed by atoms with Gasteiger partial charge in [-0.15, -0.1) is 0 Å². The molecule has 4 amide bonds. The van der Waals surface area contributed by atoms with Crippen LogP contribution in [-0.2, 0) is 14.3 Å². The minimum Gasteiger partial charge on any atom is -0.462 e. The number of amidine groups is 2. The van der Waals surface area contributed by atoms with E-state index in [0.717, 1.165) is 31.1 Å². The maximum absolute atomic E-state index is 13.2. The third-order valence-corrected chi connectivity index (χ3v) is 6.91. The molecule has 0 bridgehead atoms. The number of rotatable bonds is 7.